The number of carbonyl (C=O) groups excluding carboxylic acids is 1. The first-order valence-corrected chi connectivity index (χ1v) is 6.17. The Kier molecular flexibility index (Phi) is 5.09. The highest BCUT2D eigenvalue weighted by Gasteiger charge is 2.28. The predicted octanol–water partition coefficient (Wildman–Crippen LogP) is 1.63. The van der Waals surface area contributed by atoms with Crippen LogP contribution in [-0.2, 0) is 4.79 Å². The van der Waals surface area contributed by atoms with Gasteiger partial charge in [0.15, 0.2) is 0 Å². The first kappa shape index (κ1) is 12.5. The van der Waals surface area contributed by atoms with Crippen molar-refractivity contribution < 1.29 is 4.79 Å². The van der Waals surface area contributed by atoms with Gasteiger partial charge in [-0.2, -0.15) is 0 Å². The molecule has 0 radical (unpaired) electrons. The standard InChI is InChI=1S/C12H24N2O/c1-4-7-13-12-6-8-14(10(3)15)9-11(12)5-2/h11-13H,4-9H2,1-3H3. The van der Waals surface area contributed by atoms with Crippen LogP contribution in [0.3, 0.4) is 0 Å². The smallest absolute Gasteiger partial charge is 0.219 e. The molecule has 0 aromatic carbocycles. The van der Waals surface area contributed by atoms with Crippen LogP contribution in [0.4, 0.5) is 0 Å². The summed E-state index contributed by atoms with van der Waals surface area (Å²) in [5, 5.41) is 3.59. The average molecular weight is 212 g/mol. The summed E-state index contributed by atoms with van der Waals surface area (Å²) in [7, 11) is 0. The first-order valence-electron chi connectivity index (χ1n) is 6.17. The maximum absolute atomic E-state index is 11.3. The molecule has 15 heavy (non-hydrogen) atoms. The predicted molar refractivity (Wildman–Crippen MR) is 62.7 cm³/mol. The Hall–Kier alpha value is -0.570. The van der Waals surface area contributed by atoms with Crippen LogP contribution in [0, 0.1) is 5.92 Å². The molecular weight excluding hydrogens is 188 g/mol. The van der Waals surface area contributed by atoms with E-state index >= 15 is 0 Å². The summed E-state index contributed by atoms with van der Waals surface area (Å²) in [4.78, 5) is 13.3. The zero-order valence-electron chi connectivity index (χ0n) is 10.3. The molecule has 1 heterocycles. The Labute approximate surface area is 93.2 Å². The van der Waals surface area contributed by atoms with Crippen LogP contribution in [0.25, 0.3) is 0 Å². The van der Waals surface area contributed by atoms with Crippen molar-refractivity contribution in [3.63, 3.8) is 0 Å². The lowest BCUT2D eigenvalue weighted by Gasteiger charge is -2.38. The Balaban J connectivity index is 2.45. The lowest BCUT2D eigenvalue weighted by atomic mass is 9.90. The van der Waals surface area contributed by atoms with Gasteiger partial charge in [0.05, 0.1) is 0 Å². The fraction of sp³-hybridized carbons (Fsp3) is 0.917. The number of carbonyl (C=O) groups is 1. The lowest BCUT2D eigenvalue weighted by molar-refractivity contribution is -0.131. The normalized spacial score (nSPS) is 26.7. The highest BCUT2D eigenvalue weighted by molar-refractivity contribution is 5.73. The largest absolute Gasteiger partial charge is 0.343 e. The van der Waals surface area contributed by atoms with Crippen LogP contribution in [0.1, 0.15) is 40.0 Å². The van der Waals surface area contributed by atoms with Gasteiger partial charge in [-0.05, 0) is 25.3 Å². The van der Waals surface area contributed by atoms with Gasteiger partial charge >= 0.3 is 0 Å². The van der Waals surface area contributed by atoms with E-state index < -0.39 is 0 Å². The zero-order chi connectivity index (χ0) is 11.3. The van der Waals surface area contributed by atoms with Gasteiger partial charge in [-0.15, -0.1) is 0 Å². The summed E-state index contributed by atoms with van der Waals surface area (Å²) >= 11 is 0. The summed E-state index contributed by atoms with van der Waals surface area (Å²) in [6.07, 6.45) is 3.45. The molecule has 1 rings (SSSR count). The number of nitrogens with one attached hydrogen (secondary N) is 1. The summed E-state index contributed by atoms with van der Waals surface area (Å²) in [5.41, 5.74) is 0. The SMILES string of the molecule is CCCNC1CCN(C(C)=O)CC1CC. The van der Waals surface area contributed by atoms with Gasteiger partial charge in [-0.1, -0.05) is 20.3 Å². The Morgan fingerprint density at radius 1 is 1.47 bits per heavy atom. The molecule has 88 valence electrons. The van der Waals surface area contributed by atoms with E-state index in [1.54, 1.807) is 6.92 Å². The minimum atomic E-state index is 0.224. The van der Waals surface area contributed by atoms with Gasteiger partial charge in [0.1, 0.15) is 0 Å². The van der Waals surface area contributed by atoms with Crippen molar-refractivity contribution in [3.8, 4) is 0 Å². The van der Waals surface area contributed by atoms with E-state index in [1.165, 1.54) is 6.42 Å². The molecule has 2 unspecified atom stereocenters. The lowest BCUT2D eigenvalue weighted by Crippen LogP contribution is -2.50. The number of amides is 1. The Morgan fingerprint density at radius 3 is 2.73 bits per heavy atom. The summed E-state index contributed by atoms with van der Waals surface area (Å²) < 4.78 is 0. The molecule has 0 spiro atoms. The van der Waals surface area contributed by atoms with Crippen LogP contribution in [0.15, 0.2) is 0 Å². The molecule has 0 aliphatic carbocycles. The second-order valence-electron chi connectivity index (χ2n) is 4.48. The van der Waals surface area contributed by atoms with Gasteiger partial charge in [0, 0.05) is 26.1 Å². The molecule has 3 heteroatoms. The zero-order valence-corrected chi connectivity index (χ0v) is 10.3. The third-order valence-electron chi connectivity index (χ3n) is 3.36. The Morgan fingerprint density at radius 2 is 2.20 bits per heavy atom. The quantitative estimate of drug-likeness (QED) is 0.768. The van der Waals surface area contributed by atoms with E-state index in [1.807, 2.05) is 4.90 Å². The molecule has 0 bridgehead atoms. The molecule has 3 nitrogen and oxygen atoms in total. The highest BCUT2D eigenvalue weighted by atomic mass is 16.2. The molecule has 1 saturated heterocycles. The van der Waals surface area contributed by atoms with Crippen molar-refractivity contribution in [1.82, 2.24) is 10.2 Å². The van der Waals surface area contributed by atoms with E-state index in [9.17, 15) is 4.79 Å². The van der Waals surface area contributed by atoms with Crippen LogP contribution in [0.5, 0.6) is 0 Å². The van der Waals surface area contributed by atoms with Crippen LogP contribution in [0.2, 0.25) is 0 Å². The maximum atomic E-state index is 11.3. The molecule has 1 amide bonds. The number of likely N-dealkylation sites (tertiary alicyclic amines) is 1. The number of hydrogen-bond acceptors (Lipinski definition) is 2. The fourth-order valence-corrected chi connectivity index (χ4v) is 2.33. The second kappa shape index (κ2) is 6.11. The molecule has 0 aromatic rings. The summed E-state index contributed by atoms with van der Waals surface area (Å²) in [6, 6.07) is 0.616. The van der Waals surface area contributed by atoms with E-state index in [0.29, 0.717) is 12.0 Å². The van der Waals surface area contributed by atoms with Gasteiger partial charge in [0.2, 0.25) is 5.91 Å². The molecule has 1 aliphatic heterocycles. The van der Waals surface area contributed by atoms with Crippen LogP contribution >= 0.6 is 0 Å². The number of piperidine rings is 1. The minimum Gasteiger partial charge on any atom is -0.343 e. The van der Waals surface area contributed by atoms with Gasteiger partial charge in [-0.3, -0.25) is 4.79 Å². The molecule has 2 atom stereocenters. The first-order chi connectivity index (χ1) is 7.19. The molecule has 0 saturated carbocycles. The number of hydrogen-bond donors (Lipinski definition) is 1. The Bertz CT molecular complexity index is 206. The van der Waals surface area contributed by atoms with E-state index in [4.69, 9.17) is 0 Å². The van der Waals surface area contributed by atoms with Crippen LogP contribution in [-0.4, -0.2) is 36.5 Å². The van der Waals surface area contributed by atoms with Gasteiger partial charge in [0.25, 0.3) is 0 Å². The van der Waals surface area contributed by atoms with Gasteiger partial charge < -0.3 is 10.2 Å². The maximum Gasteiger partial charge on any atom is 0.219 e. The van der Waals surface area contributed by atoms with Crippen molar-refractivity contribution in [3.05, 3.63) is 0 Å². The number of nitrogens with zero attached hydrogens (tertiary/aromatic N) is 1. The molecule has 1 N–H and O–H groups in total. The summed E-state index contributed by atoms with van der Waals surface area (Å²) in [6.45, 7) is 9.04. The van der Waals surface area contributed by atoms with E-state index in [0.717, 1.165) is 32.5 Å². The molecule has 1 fully saturated rings. The molecule has 0 aromatic heterocycles. The third-order valence-corrected chi connectivity index (χ3v) is 3.36. The fourth-order valence-electron chi connectivity index (χ4n) is 2.33. The van der Waals surface area contributed by atoms with Crippen molar-refractivity contribution >= 4 is 5.91 Å². The second-order valence-corrected chi connectivity index (χ2v) is 4.48. The summed E-state index contributed by atoms with van der Waals surface area (Å²) in [5.74, 6) is 0.858. The van der Waals surface area contributed by atoms with Crippen molar-refractivity contribution in [1.29, 1.82) is 0 Å². The van der Waals surface area contributed by atoms with E-state index in [2.05, 4.69) is 19.2 Å². The number of rotatable bonds is 4. The monoisotopic (exact) mass is 212 g/mol. The van der Waals surface area contributed by atoms with Crippen LogP contribution < -0.4 is 5.32 Å². The third kappa shape index (κ3) is 3.49. The molecular formula is C12H24N2O. The topological polar surface area (TPSA) is 32.3 Å². The van der Waals surface area contributed by atoms with Crippen molar-refractivity contribution in [2.24, 2.45) is 5.92 Å². The highest BCUT2D eigenvalue weighted by Crippen LogP contribution is 2.20. The van der Waals surface area contributed by atoms with Crippen molar-refractivity contribution in [2.75, 3.05) is 19.6 Å². The molecule has 1 aliphatic rings. The van der Waals surface area contributed by atoms with Crippen molar-refractivity contribution in [2.45, 2.75) is 46.1 Å². The minimum absolute atomic E-state index is 0.224. The van der Waals surface area contributed by atoms with E-state index in [-0.39, 0.29) is 5.91 Å². The average Bonchev–Trinajstić information content (AvgIpc) is 2.25. The van der Waals surface area contributed by atoms with Gasteiger partial charge in [-0.25, -0.2) is 0 Å².